The smallest absolute Gasteiger partial charge is 0.374 e. The fraction of sp³-hybridized carbons (Fsp3) is 0.412. The number of ether oxygens (including phenoxy) is 2. The first-order valence-electron chi connectivity index (χ1n) is 7.48. The molecule has 0 aromatic heterocycles. The Labute approximate surface area is 129 Å². The van der Waals surface area contributed by atoms with Crippen molar-refractivity contribution in [3.05, 3.63) is 41.7 Å². The first-order valence-corrected chi connectivity index (χ1v) is 7.48. The van der Waals surface area contributed by atoms with Crippen LogP contribution < -0.4 is 0 Å². The fourth-order valence-electron chi connectivity index (χ4n) is 2.30. The SMILES string of the molecule is CCCCOC(=O)CC[C@@H]1OC(=O)C(O)=C1c1ccccc1. The minimum Gasteiger partial charge on any atom is -0.502 e. The molecule has 0 saturated carbocycles. The average Bonchev–Trinajstić information content (AvgIpc) is 2.81. The molecule has 0 fully saturated rings. The summed E-state index contributed by atoms with van der Waals surface area (Å²) in [7, 11) is 0. The van der Waals surface area contributed by atoms with Gasteiger partial charge in [-0.05, 0) is 18.4 Å². The molecule has 1 atom stereocenters. The normalized spacial score (nSPS) is 17.5. The van der Waals surface area contributed by atoms with Crippen molar-refractivity contribution in [2.45, 2.75) is 38.7 Å². The third-order valence-electron chi connectivity index (χ3n) is 3.48. The summed E-state index contributed by atoms with van der Waals surface area (Å²) in [6, 6.07) is 9.06. The second-order valence-corrected chi connectivity index (χ2v) is 5.13. The van der Waals surface area contributed by atoms with Crippen LogP contribution in [-0.4, -0.2) is 29.8 Å². The van der Waals surface area contributed by atoms with Crippen LogP contribution in [0.3, 0.4) is 0 Å². The fourth-order valence-corrected chi connectivity index (χ4v) is 2.30. The molecule has 5 nitrogen and oxygen atoms in total. The Morgan fingerprint density at radius 3 is 2.73 bits per heavy atom. The molecule has 1 aromatic carbocycles. The van der Waals surface area contributed by atoms with Crippen molar-refractivity contribution < 1.29 is 24.2 Å². The van der Waals surface area contributed by atoms with E-state index in [9.17, 15) is 14.7 Å². The Balaban J connectivity index is 1.99. The van der Waals surface area contributed by atoms with Gasteiger partial charge in [-0.1, -0.05) is 43.7 Å². The molecule has 1 aromatic rings. The maximum absolute atomic E-state index is 11.6. The number of hydrogen-bond donors (Lipinski definition) is 1. The van der Waals surface area contributed by atoms with Crippen LogP contribution in [0.2, 0.25) is 0 Å². The first kappa shape index (κ1) is 16.1. The lowest BCUT2D eigenvalue weighted by Gasteiger charge is -2.13. The third-order valence-corrected chi connectivity index (χ3v) is 3.48. The lowest BCUT2D eigenvalue weighted by molar-refractivity contribution is -0.147. The monoisotopic (exact) mass is 304 g/mol. The summed E-state index contributed by atoms with van der Waals surface area (Å²) in [5.41, 5.74) is 1.15. The van der Waals surface area contributed by atoms with Gasteiger partial charge in [0.05, 0.1) is 6.61 Å². The van der Waals surface area contributed by atoms with Gasteiger partial charge in [-0.25, -0.2) is 4.79 Å². The zero-order valence-electron chi connectivity index (χ0n) is 12.6. The van der Waals surface area contributed by atoms with Crippen molar-refractivity contribution in [3.63, 3.8) is 0 Å². The van der Waals surface area contributed by atoms with Gasteiger partial charge >= 0.3 is 11.9 Å². The molecule has 2 rings (SSSR count). The van der Waals surface area contributed by atoms with Crippen molar-refractivity contribution in [3.8, 4) is 0 Å². The molecule has 5 heteroatoms. The largest absolute Gasteiger partial charge is 0.502 e. The summed E-state index contributed by atoms with van der Waals surface area (Å²) < 4.78 is 10.2. The van der Waals surface area contributed by atoms with E-state index in [4.69, 9.17) is 9.47 Å². The molecule has 1 aliphatic rings. The zero-order chi connectivity index (χ0) is 15.9. The number of rotatable bonds is 7. The highest BCUT2D eigenvalue weighted by molar-refractivity contribution is 6.00. The van der Waals surface area contributed by atoms with Crippen LogP contribution in [-0.2, 0) is 19.1 Å². The van der Waals surface area contributed by atoms with E-state index >= 15 is 0 Å². The molecule has 22 heavy (non-hydrogen) atoms. The number of unbranched alkanes of at least 4 members (excludes halogenated alkanes) is 1. The molecule has 1 heterocycles. The third kappa shape index (κ3) is 3.87. The van der Waals surface area contributed by atoms with E-state index in [0.717, 1.165) is 18.4 Å². The van der Waals surface area contributed by atoms with Gasteiger partial charge in [-0.2, -0.15) is 0 Å². The number of aliphatic hydroxyl groups is 1. The number of carbonyl (C=O) groups is 2. The van der Waals surface area contributed by atoms with E-state index in [1.54, 1.807) is 12.1 Å². The molecule has 1 aliphatic heterocycles. The molecule has 0 bridgehead atoms. The number of carbonyl (C=O) groups excluding carboxylic acids is 2. The maximum atomic E-state index is 11.6. The lowest BCUT2D eigenvalue weighted by Crippen LogP contribution is -2.15. The Kier molecular flexibility index (Phi) is 5.58. The van der Waals surface area contributed by atoms with Gasteiger partial charge in [0.1, 0.15) is 6.10 Å². The van der Waals surface area contributed by atoms with Gasteiger partial charge in [-0.15, -0.1) is 0 Å². The summed E-state index contributed by atoms with van der Waals surface area (Å²) in [4.78, 5) is 23.2. The molecule has 0 spiro atoms. The molecule has 0 unspecified atom stereocenters. The van der Waals surface area contributed by atoms with Gasteiger partial charge in [0.2, 0.25) is 5.76 Å². The van der Waals surface area contributed by atoms with Gasteiger partial charge in [0.15, 0.2) is 0 Å². The van der Waals surface area contributed by atoms with Crippen LogP contribution in [0.4, 0.5) is 0 Å². The molecule has 0 aliphatic carbocycles. The zero-order valence-corrected chi connectivity index (χ0v) is 12.6. The van der Waals surface area contributed by atoms with E-state index < -0.39 is 12.1 Å². The second kappa shape index (κ2) is 7.64. The predicted octanol–water partition coefficient (Wildman–Crippen LogP) is 3.00. The van der Waals surface area contributed by atoms with Gasteiger partial charge in [-0.3, -0.25) is 4.79 Å². The van der Waals surface area contributed by atoms with E-state index in [1.807, 2.05) is 25.1 Å². The lowest BCUT2D eigenvalue weighted by atomic mass is 9.97. The van der Waals surface area contributed by atoms with E-state index in [2.05, 4.69) is 0 Å². The summed E-state index contributed by atoms with van der Waals surface area (Å²) >= 11 is 0. The highest BCUT2D eigenvalue weighted by Gasteiger charge is 2.35. The Morgan fingerprint density at radius 2 is 2.05 bits per heavy atom. The van der Waals surface area contributed by atoms with Crippen molar-refractivity contribution in [2.24, 2.45) is 0 Å². The molecular formula is C17H20O5. The Hall–Kier alpha value is -2.30. The number of hydrogen-bond acceptors (Lipinski definition) is 5. The van der Waals surface area contributed by atoms with Crippen LogP contribution >= 0.6 is 0 Å². The quantitative estimate of drug-likeness (QED) is 0.619. The molecule has 118 valence electrons. The van der Waals surface area contributed by atoms with Crippen LogP contribution in [0.5, 0.6) is 0 Å². The van der Waals surface area contributed by atoms with Crippen molar-refractivity contribution >= 4 is 17.5 Å². The van der Waals surface area contributed by atoms with E-state index in [-0.39, 0.29) is 18.1 Å². The summed E-state index contributed by atoms with van der Waals surface area (Å²) in [5.74, 6) is -1.44. The minimum atomic E-state index is -0.747. The molecule has 0 saturated heterocycles. The van der Waals surface area contributed by atoms with Gasteiger partial charge in [0, 0.05) is 12.0 Å². The van der Waals surface area contributed by atoms with Crippen LogP contribution in [0.1, 0.15) is 38.2 Å². The second-order valence-electron chi connectivity index (χ2n) is 5.13. The predicted molar refractivity (Wildman–Crippen MR) is 81.0 cm³/mol. The Bertz CT molecular complexity index is 562. The molecular weight excluding hydrogens is 284 g/mol. The number of cyclic esters (lactones) is 1. The van der Waals surface area contributed by atoms with Crippen molar-refractivity contribution in [1.29, 1.82) is 0 Å². The highest BCUT2D eigenvalue weighted by atomic mass is 16.6. The number of benzene rings is 1. The summed E-state index contributed by atoms with van der Waals surface area (Å²) in [6.45, 7) is 2.43. The minimum absolute atomic E-state index is 0.144. The average molecular weight is 304 g/mol. The molecule has 0 amide bonds. The Morgan fingerprint density at radius 1 is 1.32 bits per heavy atom. The van der Waals surface area contributed by atoms with Crippen LogP contribution in [0.25, 0.3) is 5.57 Å². The summed E-state index contributed by atoms with van der Waals surface area (Å²) in [6.07, 6.45) is 1.62. The van der Waals surface area contributed by atoms with Crippen LogP contribution in [0, 0.1) is 0 Å². The van der Waals surface area contributed by atoms with Gasteiger partial charge in [0.25, 0.3) is 0 Å². The van der Waals surface area contributed by atoms with Crippen LogP contribution in [0.15, 0.2) is 36.1 Å². The molecule has 1 N–H and O–H groups in total. The van der Waals surface area contributed by atoms with Crippen molar-refractivity contribution in [1.82, 2.24) is 0 Å². The van der Waals surface area contributed by atoms with Gasteiger partial charge < -0.3 is 14.6 Å². The molecule has 0 radical (unpaired) electrons. The summed E-state index contributed by atoms with van der Waals surface area (Å²) in [5, 5.41) is 9.91. The number of esters is 2. The van der Waals surface area contributed by atoms with E-state index in [0.29, 0.717) is 18.6 Å². The number of aliphatic hydroxyl groups excluding tert-OH is 1. The standard InChI is InChI=1S/C17H20O5/c1-2-3-11-21-14(18)10-9-13-15(16(19)17(20)22-13)12-7-5-4-6-8-12/h4-8,13,19H,2-3,9-11H2,1H3/t13-/m0/s1. The topological polar surface area (TPSA) is 72.8 Å². The maximum Gasteiger partial charge on any atom is 0.374 e. The first-order chi connectivity index (χ1) is 10.6. The highest BCUT2D eigenvalue weighted by Crippen LogP contribution is 2.32. The van der Waals surface area contributed by atoms with E-state index in [1.165, 1.54) is 0 Å². The van der Waals surface area contributed by atoms with Crippen molar-refractivity contribution in [2.75, 3.05) is 6.61 Å².